The van der Waals surface area contributed by atoms with Crippen LogP contribution in [-0.2, 0) is 36.8 Å². The summed E-state index contributed by atoms with van der Waals surface area (Å²) in [7, 11) is 0. The minimum absolute atomic E-state index is 0.00129. The number of amides is 4. The fourth-order valence-electron chi connectivity index (χ4n) is 3.48. The van der Waals surface area contributed by atoms with Gasteiger partial charge in [0.25, 0.3) is 0 Å². The van der Waals surface area contributed by atoms with Crippen LogP contribution in [0.25, 0.3) is 0 Å². The number of hydrogen-bond acceptors (Lipinski definition) is 7. The molecule has 0 saturated carbocycles. The lowest BCUT2D eigenvalue weighted by molar-refractivity contribution is -0.142. The van der Waals surface area contributed by atoms with E-state index in [-0.39, 0.29) is 38.0 Å². The average Bonchev–Trinajstić information content (AvgIpc) is 2.86. The zero-order chi connectivity index (χ0) is 27.4. The lowest BCUT2D eigenvalue weighted by Gasteiger charge is -2.25. The summed E-state index contributed by atoms with van der Waals surface area (Å²) in [6, 6.07) is 11.0. The van der Waals surface area contributed by atoms with Crippen molar-refractivity contribution in [3.8, 4) is 5.75 Å². The summed E-state index contributed by atoms with van der Waals surface area (Å²) in [5.41, 5.74) is 11.8. The minimum atomic E-state index is -1.42. The van der Waals surface area contributed by atoms with Crippen molar-refractivity contribution in [3.05, 3.63) is 65.7 Å². The van der Waals surface area contributed by atoms with Gasteiger partial charge in [-0.2, -0.15) is 0 Å². The molecule has 3 atom stereocenters. The molecule has 0 fully saturated rings. The average molecular weight is 514 g/mol. The molecule has 2 aromatic carbocycles. The third kappa shape index (κ3) is 9.98. The second-order valence-electron chi connectivity index (χ2n) is 8.35. The first-order valence-electron chi connectivity index (χ1n) is 11.5. The molecule has 4 amide bonds. The van der Waals surface area contributed by atoms with Crippen LogP contribution in [0.3, 0.4) is 0 Å². The van der Waals surface area contributed by atoms with Crippen molar-refractivity contribution in [2.45, 2.75) is 43.8 Å². The topological polar surface area (TPSA) is 214 Å². The van der Waals surface area contributed by atoms with Gasteiger partial charge in [-0.05, 0) is 29.7 Å². The van der Waals surface area contributed by atoms with Crippen LogP contribution in [0.1, 0.15) is 24.0 Å². The van der Waals surface area contributed by atoms with Crippen molar-refractivity contribution in [1.29, 1.82) is 0 Å². The number of carboxylic acids is 1. The van der Waals surface area contributed by atoms with Crippen LogP contribution in [0.4, 0.5) is 0 Å². The summed E-state index contributed by atoms with van der Waals surface area (Å²) in [5, 5.41) is 26.5. The smallest absolute Gasteiger partial charge is 0.326 e. The number of rotatable bonds is 14. The molecular formula is C25H31N5O7. The predicted molar refractivity (Wildman–Crippen MR) is 133 cm³/mol. The zero-order valence-corrected chi connectivity index (χ0v) is 20.1. The van der Waals surface area contributed by atoms with Gasteiger partial charge in [0.05, 0.1) is 6.54 Å². The number of aliphatic carboxylic acids is 1. The Kier molecular flexibility index (Phi) is 11.0. The third-order valence-corrected chi connectivity index (χ3v) is 5.42. The summed E-state index contributed by atoms with van der Waals surface area (Å²) in [4.78, 5) is 61.0. The number of phenolic OH excluding ortho intramolecular Hbond substituents is 1. The molecular weight excluding hydrogens is 482 g/mol. The van der Waals surface area contributed by atoms with Gasteiger partial charge in [-0.25, -0.2) is 4.79 Å². The highest BCUT2D eigenvalue weighted by atomic mass is 16.4. The van der Waals surface area contributed by atoms with Gasteiger partial charge in [-0.3, -0.25) is 19.2 Å². The van der Waals surface area contributed by atoms with E-state index in [4.69, 9.17) is 11.5 Å². The van der Waals surface area contributed by atoms with Crippen molar-refractivity contribution >= 4 is 29.6 Å². The van der Waals surface area contributed by atoms with Gasteiger partial charge in [-0.1, -0.05) is 42.5 Å². The number of hydrogen-bond donors (Lipinski definition) is 7. The molecule has 0 radical (unpaired) electrons. The van der Waals surface area contributed by atoms with Crippen LogP contribution in [0.5, 0.6) is 5.75 Å². The van der Waals surface area contributed by atoms with Gasteiger partial charge < -0.3 is 37.6 Å². The molecule has 0 aliphatic rings. The van der Waals surface area contributed by atoms with Crippen molar-refractivity contribution in [2.75, 3.05) is 6.54 Å². The van der Waals surface area contributed by atoms with Gasteiger partial charge in [0.2, 0.25) is 23.6 Å². The molecule has 2 aromatic rings. The number of benzene rings is 2. The molecule has 2 rings (SSSR count). The molecule has 0 bridgehead atoms. The van der Waals surface area contributed by atoms with Gasteiger partial charge in [0, 0.05) is 19.3 Å². The Morgan fingerprint density at radius 2 is 1.27 bits per heavy atom. The van der Waals surface area contributed by atoms with Crippen LogP contribution >= 0.6 is 0 Å². The van der Waals surface area contributed by atoms with E-state index in [1.165, 1.54) is 12.1 Å². The highest BCUT2D eigenvalue weighted by Gasteiger charge is 2.30. The number of phenols is 1. The summed E-state index contributed by atoms with van der Waals surface area (Å²) >= 11 is 0. The number of carbonyl (C=O) groups excluding carboxylic acids is 4. The number of nitrogens with one attached hydrogen (secondary N) is 3. The highest BCUT2D eigenvalue weighted by Crippen LogP contribution is 2.12. The third-order valence-electron chi connectivity index (χ3n) is 5.42. The summed E-state index contributed by atoms with van der Waals surface area (Å²) in [5.74, 6) is -4.18. The zero-order valence-electron chi connectivity index (χ0n) is 20.1. The van der Waals surface area contributed by atoms with Crippen LogP contribution in [0, 0.1) is 0 Å². The summed E-state index contributed by atoms with van der Waals surface area (Å²) in [6.07, 6.45) is -0.443. The van der Waals surface area contributed by atoms with Crippen molar-refractivity contribution in [1.82, 2.24) is 16.0 Å². The number of aromatic hydroxyl groups is 1. The van der Waals surface area contributed by atoms with Crippen LogP contribution in [-0.4, -0.2) is 64.5 Å². The number of carbonyl (C=O) groups is 5. The van der Waals surface area contributed by atoms with E-state index >= 15 is 0 Å². The Balaban J connectivity index is 2.27. The Bertz CT molecular complexity index is 1090. The summed E-state index contributed by atoms with van der Waals surface area (Å²) < 4.78 is 0. The van der Waals surface area contributed by atoms with Crippen LogP contribution < -0.4 is 27.4 Å². The lowest BCUT2D eigenvalue weighted by Crippen LogP contribution is -2.57. The minimum Gasteiger partial charge on any atom is -0.508 e. The van der Waals surface area contributed by atoms with Crippen molar-refractivity contribution < 1.29 is 34.2 Å². The molecule has 12 nitrogen and oxygen atoms in total. The van der Waals surface area contributed by atoms with E-state index in [1.807, 2.05) is 0 Å². The van der Waals surface area contributed by atoms with Crippen molar-refractivity contribution in [3.63, 3.8) is 0 Å². The van der Waals surface area contributed by atoms with E-state index in [0.717, 1.165) is 5.56 Å². The monoisotopic (exact) mass is 513 g/mol. The molecule has 37 heavy (non-hydrogen) atoms. The molecule has 9 N–H and O–H groups in total. The van der Waals surface area contributed by atoms with E-state index in [0.29, 0.717) is 5.56 Å². The maximum absolute atomic E-state index is 13.2. The lowest BCUT2D eigenvalue weighted by atomic mass is 10.0. The first-order valence-corrected chi connectivity index (χ1v) is 11.5. The van der Waals surface area contributed by atoms with Crippen LogP contribution in [0.15, 0.2) is 54.6 Å². The van der Waals surface area contributed by atoms with Crippen molar-refractivity contribution in [2.24, 2.45) is 11.5 Å². The Hall–Kier alpha value is -4.45. The first kappa shape index (κ1) is 28.8. The molecule has 0 aliphatic carbocycles. The molecule has 0 saturated heterocycles. The normalized spacial score (nSPS) is 13.0. The number of carboxylic acid groups (broad SMARTS) is 1. The SMILES string of the molecule is NCC(=O)NC(Cc1ccccc1)C(=O)NC(Cc1ccc(O)cc1)C(=O)NC(CCC(N)=O)C(=O)O. The molecule has 12 heteroatoms. The molecule has 0 aromatic heterocycles. The quantitative estimate of drug-likeness (QED) is 0.165. The van der Waals surface area contributed by atoms with Gasteiger partial charge in [0.15, 0.2) is 0 Å². The standard InChI is InChI=1S/C25H31N5O7/c26-14-22(33)28-19(12-15-4-2-1-3-5-15)23(34)30-20(13-16-6-8-17(31)9-7-16)24(35)29-18(25(36)37)10-11-21(27)32/h1-9,18-20,31H,10-14,26H2,(H2,27,32)(H,28,33)(H,29,35)(H,30,34)(H,36,37). The largest absolute Gasteiger partial charge is 0.508 e. The fourth-order valence-corrected chi connectivity index (χ4v) is 3.48. The molecule has 0 aliphatic heterocycles. The van der Waals surface area contributed by atoms with E-state index < -0.39 is 47.7 Å². The number of nitrogens with two attached hydrogens (primary N) is 2. The fraction of sp³-hybridized carbons (Fsp3) is 0.320. The van der Waals surface area contributed by atoms with E-state index in [9.17, 15) is 34.2 Å². The Morgan fingerprint density at radius 1 is 0.757 bits per heavy atom. The maximum atomic E-state index is 13.2. The van der Waals surface area contributed by atoms with Gasteiger partial charge in [-0.15, -0.1) is 0 Å². The second kappa shape index (κ2) is 14.2. The molecule has 198 valence electrons. The van der Waals surface area contributed by atoms with Crippen LogP contribution in [0.2, 0.25) is 0 Å². The van der Waals surface area contributed by atoms with E-state index in [2.05, 4.69) is 16.0 Å². The Labute approximate surface area is 213 Å². The Morgan fingerprint density at radius 3 is 1.78 bits per heavy atom. The highest BCUT2D eigenvalue weighted by molar-refractivity contribution is 5.94. The first-order chi connectivity index (χ1) is 17.6. The maximum Gasteiger partial charge on any atom is 0.326 e. The second-order valence-corrected chi connectivity index (χ2v) is 8.35. The van der Waals surface area contributed by atoms with Gasteiger partial charge >= 0.3 is 5.97 Å². The molecule has 0 heterocycles. The predicted octanol–water partition coefficient (Wildman–Crippen LogP) is -1.06. The van der Waals surface area contributed by atoms with Gasteiger partial charge in [0.1, 0.15) is 23.9 Å². The molecule has 0 spiro atoms. The molecule has 3 unspecified atom stereocenters. The number of primary amides is 1. The summed E-state index contributed by atoms with van der Waals surface area (Å²) in [6.45, 7) is -0.351. The van der Waals surface area contributed by atoms with E-state index in [1.54, 1.807) is 42.5 Å².